The standard InChI is InChI=1S/C13H20N2O/c1-2-6-12(13(14)16)10-15-9-11-7-4-3-5-8-11/h3-5,7-8,12,15H,2,6,9-10H2,1H3,(H2,14,16). The second-order valence-electron chi connectivity index (χ2n) is 4.00. The van der Waals surface area contributed by atoms with Crippen molar-refractivity contribution in [2.45, 2.75) is 26.3 Å². The SMILES string of the molecule is CCCC(CNCc1ccccc1)C(N)=O. The Morgan fingerprint density at radius 2 is 2.06 bits per heavy atom. The Morgan fingerprint density at radius 1 is 1.38 bits per heavy atom. The molecule has 0 aliphatic carbocycles. The maximum atomic E-state index is 11.1. The first kappa shape index (κ1) is 12.7. The van der Waals surface area contributed by atoms with Gasteiger partial charge in [-0.3, -0.25) is 4.79 Å². The molecule has 1 atom stereocenters. The molecular formula is C13H20N2O. The first-order valence-electron chi connectivity index (χ1n) is 5.78. The molecule has 88 valence electrons. The summed E-state index contributed by atoms with van der Waals surface area (Å²) >= 11 is 0. The minimum Gasteiger partial charge on any atom is -0.369 e. The van der Waals surface area contributed by atoms with Gasteiger partial charge >= 0.3 is 0 Å². The lowest BCUT2D eigenvalue weighted by molar-refractivity contribution is -0.121. The van der Waals surface area contributed by atoms with Crippen molar-refractivity contribution in [3.63, 3.8) is 0 Å². The van der Waals surface area contributed by atoms with E-state index in [1.807, 2.05) is 18.2 Å². The predicted octanol–water partition coefficient (Wildman–Crippen LogP) is 1.68. The van der Waals surface area contributed by atoms with E-state index >= 15 is 0 Å². The second-order valence-corrected chi connectivity index (χ2v) is 4.00. The molecule has 0 radical (unpaired) electrons. The van der Waals surface area contributed by atoms with Gasteiger partial charge in [-0.1, -0.05) is 43.7 Å². The maximum absolute atomic E-state index is 11.1. The van der Waals surface area contributed by atoms with Crippen LogP contribution in [0.25, 0.3) is 0 Å². The molecule has 0 saturated heterocycles. The Bertz CT molecular complexity index is 311. The van der Waals surface area contributed by atoms with Gasteiger partial charge in [0.2, 0.25) is 5.91 Å². The largest absolute Gasteiger partial charge is 0.369 e. The van der Waals surface area contributed by atoms with Gasteiger partial charge in [-0.15, -0.1) is 0 Å². The third kappa shape index (κ3) is 4.45. The number of nitrogens with two attached hydrogens (primary N) is 1. The van der Waals surface area contributed by atoms with Crippen LogP contribution in [0.3, 0.4) is 0 Å². The Hall–Kier alpha value is -1.35. The topological polar surface area (TPSA) is 55.1 Å². The molecular weight excluding hydrogens is 200 g/mol. The van der Waals surface area contributed by atoms with E-state index in [4.69, 9.17) is 5.73 Å². The van der Waals surface area contributed by atoms with E-state index in [1.54, 1.807) is 0 Å². The van der Waals surface area contributed by atoms with Crippen LogP contribution < -0.4 is 11.1 Å². The van der Waals surface area contributed by atoms with Crippen LogP contribution in [-0.2, 0) is 11.3 Å². The van der Waals surface area contributed by atoms with Crippen molar-refractivity contribution < 1.29 is 4.79 Å². The molecule has 1 unspecified atom stereocenters. The Morgan fingerprint density at radius 3 is 2.62 bits per heavy atom. The zero-order valence-electron chi connectivity index (χ0n) is 9.78. The summed E-state index contributed by atoms with van der Waals surface area (Å²) in [4.78, 5) is 11.1. The number of carbonyl (C=O) groups is 1. The quantitative estimate of drug-likeness (QED) is 0.734. The lowest BCUT2D eigenvalue weighted by Crippen LogP contribution is -2.32. The summed E-state index contributed by atoms with van der Waals surface area (Å²) in [7, 11) is 0. The van der Waals surface area contributed by atoms with Gasteiger partial charge in [-0.25, -0.2) is 0 Å². The summed E-state index contributed by atoms with van der Waals surface area (Å²) in [5, 5.41) is 3.27. The van der Waals surface area contributed by atoms with Crippen LogP contribution in [0.5, 0.6) is 0 Å². The molecule has 0 bridgehead atoms. The third-order valence-corrected chi connectivity index (χ3v) is 2.60. The molecule has 0 heterocycles. The molecule has 3 nitrogen and oxygen atoms in total. The average molecular weight is 220 g/mol. The van der Waals surface area contributed by atoms with E-state index < -0.39 is 0 Å². The molecule has 1 amide bonds. The summed E-state index contributed by atoms with van der Waals surface area (Å²) in [6.07, 6.45) is 1.84. The fourth-order valence-electron chi connectivity index (χ4n) is 1.68. The van der Waals surface area contributed by atoms with Crippen LogP contribution in [0.4, 0.5) is 0 Å². The predicted molar refractivity (Wildman–Crippen MR) is 65.7 cm³/mol. The van der Waals surface area contributed by atoms with Crippen molar-refractivity contribution in [3.05, 3.63) is 35.9 Å². The molecule has 0 saturated carbocycles. The van der Waals surface area contributed by atoms with Crippen LogP contribution in [0.1, 0.15) is 25.3 Å². The number of carbonyl (C=O) groups excluding carboxylic acids is 1. The maximum Gasteiger partial charge on any atom is 0.221 e. The summed E-state index contributed by atoms with van der Waals surface area (Å²) in [6, 6.07) is 10.1. The highest BCUT2D eigenvalue weighted by Gasteiger charge is 2.12. The van der Waals surface area contributed by atoms with Gasteiger partial charge in [0.25, 0.3) is 0 Å². The van der Waals surface area contributed by atoms with E-state index in [0.29, 0.717) is 6.54 Å². The van der Waals surface area contributed by atoms with E-state index in [9.17, 15) is 4.79 Å². The average Bonchev–Trinajstić information content (AvgIpc) is 2.29. The molecule has 0 aliphatic heterocycles. The summed E-state index contributed by atoms with van der Waals surface area (Å²) in [5.41, 5.74) is 6.55. The molecule has 16 heavy (non-hydrogen) atoms. The molecule has 1 rings (SSSR count). The van der Waals surface area contributed by atoms with Gasteiger partial charge in [0, 0.05) is 13.1 Å². The minimum absolute atomic E-state index is 0.0475. The lowest BCUT2D eigenvalue weighted by atomic mass is 10.0. The van der Waals surface area contributed by atoms with E-state index in [-0.39, 0.29) is 11.8 Å². The number of rotatable bonds is 7. The zero-order chi connectivity index (χ0) is 11.8. The summed E-state index contributed by atoms with van der Waals surface area (Å²) in [6.45, 7) is 3.51. The molecule has 0 spiro atoms. The Labute approximate surface area is 97.0 Å². The molecule has 0 aromatic heterocycles. The lowest BCUT2D eigenvalue weighted by Gasteiger charge is -2.13. The van der Waals surface area contributed by atoms with E-state index in [1.165, 1.54) is 5.56 Å². The summed E-state index contributed by atoms with van der Waals surface area (Å²) in [5.74, 6) is -0.254. The second kappa shape index (κ2) is 7.01. The Balaban J connectivity index is 2.31. The number of benzene rings is 1. The highest BCUT2D eigenvalue weighted by Crippen LogP contribution is 2.05. The molecule has 3 N–H and O–H groups in total. The van der Waals surface area contributed by atoms with Crippen molar-refractivity contribution in [1.82, 2.24) is 5.32 Å². The van der Waals surface area contributed by atoms with Gasteiger partial charge < -0.3 is 11.1 Å². The Kier molecular flexibility index (Phi) is 5.57. The monoisotopic (exact) mass is 220 g/mol. The number of hydrogen-bond donors (Lipinski definition) is 2. The molecule has 3 heteroatoms. The van der Waals surface area contributed by atoms with Crippen molar-refractivity contribution in [3.8, 4) is 0 Å². The highest BCUT2D eigenvalue weighted by molar-refractivity contribution is 5.76. The fourth-order valence-corrected chi connectivity index (χ4v) is 1.68. The smallest absolute Gasteiger partial charge is 0.221 e. The van der Waals surface area contributed by atoms with Gasteiger partial charge in [-0.2, -0.15) is 0 Å². The number of nitrogens with one attached hydrogen (secondary N) is 1. The fraction of sp³-hybridized carbons (Fsp3) is 0.462. The number of hydrogen-bond acceptors (Lipinski definition) is 2. The first-order chi connectivity index (χ1) is 7.74. The third-order valence-electron chi connectivity index (χ3n) is 2.60. The van der Waals surface area contributed by atoms with Crippen molar-refractivity contribution in [1.29, 1.82) is 0 Å². The van der Waals surface area contributed by atoms with Crippen LogP contribution in [0, 0.1) is 5.92 Å². The van der Waals surface area contributed by atoms with Crippen LogP contribution >= 0.6 is 0 Å². The van der Waals surface area contributed by atoms with Crippen molar-refractivity contribution in [2.75, 3.05) is 6.54 Å². The molecule has 1 aromatic carbocycles. The van der Waals surface area contributed by atoms with Crippen LogP contribution in [0.15, 0.2) is 30.3 Å². The van der Waals surface area contributed by atoms with Gasteiger partial charge in [0.1, 0.15) is 0 Å². The minimum atomic E-state index is -0.206. The van der Waals surface area contributed by atoms with Gasteiger partial charge in [0.15, 0.2) is 0 Å². The zero-order valence-corrected chi connectivity index (χ0v) is 9.78. The van der Waals surface area contributed by atoms with E-state index in [0.717, 1.165) is 19.4 Å². The molecule has 0 aliphatic rings. The number of primary amides is 1. The number of amides is 1. The van der Waals surface area contributed by atoms with Crippen molar-refractivity contribution in [2.24, 2.45) is 11.7 Å². The van der Waals surface area contributed by atoms with E-state index in [2.05, 4.69) is 24.4 Å². The van der Waals surface area contributed by atoms with Gasteiger partial charge in [0.05, 0.1) is 5.92 Å². The molecule has 1 aromatic rings. The molecule has 0 fully saturated rings. The van der Waals surface area contributed by atoms with Crippen LogP contribution in [-0.4, -0.2) is 12.5 Å². The first-order valence-corrected chi connectivity index (χ1v) is 5.78. The normalized spacial score (nSPS) is 12.3. The summed E-state index contributed by atoms with van der Waals surface area (Å²) < 4.78 is 0. The highest BCUT2D eigenvalue weighted by atomic mass is 16.1. The van der Waals surface area contributed by atoms with Gasteiger partial charge in [-0.05, 0) is 12.0 Å². The van der Waals surface area contributed by atoms with Crippen LogP contribution in [0.2, 0.25) is 0 Å². The van der Waals surface area contributed by atoms with Crippen molar-refractivity contribution >= 4 is 5.91 Å².